The van der Waals surface area contributed by atoms with Crippen molar-refractivity contribution >= 4 is 27.5 Å². The fourth-order valence-electron chi connectivity index (χ4n) is 4.89. The molecule has 0 bridgehead atoms. The van der Waals surface area contributed by atoms with Crippen molar-refractivity contribution in [3.8, 4) is 0 Å². The van der Waals surface area contributed by atoms with Crippen molar-refractivity contribution in [1.29, 1.82) is 0 Å². The van der Waals surface area contributed by atoms with E-state index in [0.717, 1.165) is 35.6 Å². The average Bonchev–Trinajstić information content (AvgIpc) is 3.32. The number of rotatable bonds is 6. The summed E-state index contributed by atoms with van der Waals surface area (Å²) in [4.78, 5) is 28.9. The summed E-state index contributed by atoms with van der Waals surface area (Å²) in [7, 11) is -3.94. The number of nitrogens with one attached hydrogen (secondary N) is 1. The van der Waals surface area contributed by atoms with Crippen LogP contribution in [0.1, 0.15) is 45.1 Å². The Morgan fingerprint density at radius 3 is 2.36 bits per heavy atom. The molecule has 1 atom stereocenters. The molecule has 4 rings (SSSR count). The highest BCUT2D eigenvalue weighted by Gasteiger charge is 2.51. The smallest absolute Gasteiger partial charge is 0.247 e. The third kappa shape index (κ3) is 4.42. The van der Waals surface area contributed by atoms with E-state index in [4.69, 9.17) is 0 Å². The fourth-order valence-corrected chi connectivity index (χ4v) is 6.39. The van der Waals surface area contributed by atoms with Crippen LogP contribution in [0.5, 0.6) is 0 Å². The summed E-state index contributed by atoms with van der Waals surface area (Å²) in [6.45, 7) is 3.23. The van der Waals surface area contributed by atoms with E-state index >= 15 is 0 Å². The Balaban J connectivity index is 1.76. The summed E-state index contributed by atoms with van der Waals surface area (Å²) in [6, 6.07) is 15.6. The summed E-state index contributed by atoms with van der Waals surface area (Å²) < 4.78 is 27.9. The monoisotopic (exact) mass is 469 g/mol. The van der Waals surface area contributed by atoms with Gasteiger partial charge in [0.15, 0.2) is 0 Å². The van der Waals surface area contributed by atoms with Crippen molar-refractivity contribution < 1.29 is 18.0 Å². The molecule has 1 N–H and O–H groups in total. The maximum absolute atomic E-state index is 13.7. The second-order valence-electron chi connectivity index (χ2n) is 9.03. The first kappa shape index (κ1) is 23.4. The van der Waals surface area contributed by atoms with E-state index in [1.165, 1.54) is 17.0 Å². The molecular weight excluding hydrogens is 438 g/mol. The van der Waals surface area contributed by atoms with Gasteiger partial charge in [0.25, 0.3) is 0 Å². The highest BCUT2D eigenvalue weighted by Crippen LogP contribution is 2.34. The maximum atomic E-state index is 13.7. The second kappa shape index (κ2) is 9.27. The van der Waals surface area contributed by atoms with Gasteiger partial charge in [-0.05, 0) is 49.9 Å². The van der Waals surface area contributed by atoms with Gasteiger partial charge < -0.3 is 5.32 Å². The van der Waals surface area contributed by atoms with Crippen LogP contribution in [0.4, 0.5) is 5.69 Å². The molecule has 0 aromatic heterocycles. The Kier molecular flexibility index (Phi) is 6.59. The van der Waals surface area contributed by atoms with Crippen LogP contribution in [0.15, 0.2) is 59.5 Å². The molecule has 0 spiro atoms. The summed E-state index contributed by atoms with van der Waals surface area (Å²) in [5.74, 6) is -0.729. The maximum Gasteiger partial charge on any atom is 0.247 e. The first-order valence-corrected chi connectivity index (χ1v) is 13.0. The molecule has 1 heterocycles. The predicted octanol–water partition coefficient (Wildman–Crippen LogP) is 3.10. The molecular formula is C25H31N3O4S. The van der Waals surface area contributed by atoms with Gasteiger partial charge in [-0.1, -0.05) is 56.2 Å². The lowest BCUT2D eigenvalue weighted by Gasteiger charge is -2.47. The standard InChI is InChI=1S/C25H31N3O4S/c1-3-19-11-7-10-16-22(19)28-23(29)17-27(33(31,32)21-14-5-4-6-15-21)18-25(28,2)24(30)26-20-12-8-9-13-20/h4-7,10-11,14-16,20H,3,8-9,12-13,17-18H2,1-2H3,(H,26,30)/t25-/m1/s1. The largest absolute Gasteiger partial charge is 0.351 e. The van der Waals surface area contributed by atoms with Gasteiger partial charge in [0.1, 0.15) is 5.54 Å². The molecule has 1 aliphatic heterocycles. The number of amides is 2. The molecule has 2 fully saturated rings. The molecule has 2 aromatic rings. The highest BCUT2D eigenvalue weighted by atomic mass is 32.2. The van der Waals surface area contributed by atoms with Crippen molar-refractivity contribution in [1.82, 2.24) is 9.62 Å². The molecule has 1 aliphatic carbocycles. The predicted molar refractivity (Wildman–Crippen MR) is 127 cm³/mol. The lowest BCUT2D eigenvalue weighted by molar-refractivity contribution is -0.133. The zero-order valence-corrected chi connectivity index (χ0v) is 20.0. The molecule has 1 saturated heterocycles. The quantitative estimate of drug-likeness (QED) is 0.704. The Bertz CT molecular complexity index is 1130. The van der Waals surface area contributed by atoms with Gasteiger partial charge in [0.2, 0.25) is 21.8 Å². The molecule has 0 radical (unpaired) electrons. The number of carbonyl (C=O) groups is 2. The summed E-state index contributed by atoms with van der Waals surface area (Å²) >= 11 is 0. The summed E-state index contributed by atoms with van der Waals surface area (Å²) in [6.07, 6.45) is 4.59. The SMILES string of the molecule is CCc1ccccc1N1C(=O)CN(S(=O)(=O)c2ccccc2)C[C@]1(C)C(=O)NC1CCCC1. The van der Waals surface area contributed by atoms with Crippen LogP contribution in [0.25, 0.3) is 0 Å². The van der Waals surface area contributed by atoms with E-state index in [0.29, 0.717) is 12.1 Å². The van der Waals surface area contributed by atoms with Crippen LogP contribution in [0.2, 0.25) is 0 Å². The van der Waals surface area contributed by atoms with E-state index < -0.39 is 21.5 Å². The topological polar surface area (TPSA) is 86.8 Å². The van der Waals surface area contributed by atoms with E-state index in [1.54, 1.807) is 25.1 Å². The van der Waals surface area contributed by atoms with Crippen molar-refractivity contribution in [2.24, 2.45) is 0 Å². The minimum atomic E-state index is -3.94. The Hall–Kier alpha value is -2.71. The Labute approximate surface area is 195 Å². The molecule has 2 aromatic carbocycles. The zero-order chi connectivity index (χ0) is 23.6. The molecule has 0 unspecified atom stereocenters. The number of sulfonamides is 1. The third-order valence-corrected chi connectivity index (χ3v) is 8.52. The number of carbonyl (C=O) groups excluding carboxylic acids is 2. The normalized spacial score (nSPS) is 22.5. The number of hydrogen-bond donors (Lipinski definition) is 1. The lowest BCUT2D eigenvalue weighted by Crippen LogP contribution is -2.70. The number of piperazine rings is 1. The molecule has 8 heteroatoms. The molecule has 176 valence electrons. The highest BCUT2D eigenvalue weighted by molar-refractivity contribution is 7.89. The Morgan fingerprint density at radius 1 is 1.06 bits per heavy atom. The fraction of sp³-hybridized carbons (Fsp3) is 0.440. The van der Waals surface area contributed by atoms with Crippen LogP contribution >= 0.6 is 0 Å². The van der Waals surface area contributed by atoms with Crippen LogP contribution in [0.3, 0.4) is 0 Å². The molecule has 1 saturated carbocycles. The van der Waals surface area contributed by atoms with Gasteiger partial charge >= 0.3 is 0 Å². The summed E-state index contributed by atoms with van der Waals surface area (Å²) in [5.41, 5.74) is 0.210. The second-order valence-corrected chi connectivity index (χ2v) is 11.0. The minimum Gasteiger partial charge on any atom is -0.351 e. The van der Waals surface area contributed by atoms with Crippen molar-refractivity contribution in [3.05, 3.63) is 60.2 Å². The van der Waals surface area contributed by atoms with Crippen molar-refractivity contribution in [3.63, 3.8) is 0 Å². The van der Waals surface area contributed by atoms with Gasteiger partial charge in [-0.2, -0.15) is 4.31 Å². The van der Waals surface area contributed by atoms with Crippen LogP contribution in [-0.4, -0.2) is 49.2 Å². The van der Waals surface area contributed by atoms with E-state index in [1.807, 2.05) is 31.2 Å². The number of para-hydroxylation sites is 1. The summed E-state index contributed by atoms with van der Waals surface area (Å²) in [5, 5.41) is 3.10. The minimum absolute atomic E-state index is 0.0498. The first-order valence-electron chi connectivity index (χ1n) is 11.5. The zero-order valence-electron chi connectivity index (χ0n) is 19.2. The van der Waals surface area contributed by atoms with Crippen LogP contribution in [0, 0.1) is 0 Å². The molecule has 2 aliphatic rings. The van der Waals surface area contributed by atoms with Gasteiger partial charge in [-0.25, -0.2) is 8.42 Å². The van der Waals surface area contributed by atoms with Gasteiger partial charge in [0.05, 0.1) is 11.4 Å². The Morgan fingerprint density at radius 2 is 1.70 bits per heavy atom. The van der Waals surface area contributed by atoms with E-state index in [9.17, 15) is 18.0 Å². The van der Waals surface area contributed by atoms with Gasteiger partial charge in [-0.15, -0.1) is 0 Å². The van der Waals surface area contributed by atoms with Gasteiger partial charge in [-0.3, -0.25) is 14.5 Å². The lowest BCUT2D eigenvalue weighted by atomic mass is 9.92. The molecule has 7 nitrogen and oxygen atoms in total. The van der Waals surface area contributed by atoms with Crippen LogP contribution < -0.4 is 10.2 Å². The number of anilines is 1. The van der Waals surface area contributed by atoms with E-state index in [-0.39, 0.29) is 29.9 Å². The number of hydrogen-bond acceptors (Lipinski definition) is 4. The van der Waals surface area contributed by atoms with Crippen molar-refractivity contribution in [2.45, 2.75) is 62.4 Å². The van der Waals surface area contributed by atoms with Crippen LogP contribution in [-0.2, 0) is 26.0 Å². The number of aryl methyl sites for hydroxylation is 1. The average molecular weight is 470 g/mol. The van der Waals surface area contributed by atoms with E-state index in [2.05, 4.69) is 5.32 Å². The number of benzene rings is 2. The van der Waals surface area contributed by atoms with Crippen molar-refractivity contribution in [2.75, 3.05) is 18.0 Å². The number of nitrogens with zero attached hydrogens (tertiary/aromatic N) is 2. The molecule has 2 amide bonds. The van der Waals surface area contributed by atoms with Gasteiger partial charge in [0, 0.05) is 18.3 Å². The third-order valence-electron chi connectivity index (χ3n) is 6.71. The molecule has 33 heavy (non-hydrogen) atoms. The first-order chi connectivity index (χ1) is 15.8.